The molecular weight excluding hydrogens is 200 g/mol. The third kappa shape index (κ3) is 3.41. The molecule has 0 saturated carbocycles. The van der Waals surface area contributed by atoms with Crippen molar-refractivity contribution in [3.63, 3.8) is 0 Å². The summed E-state index contributed by atoms with van der Waals surface area (Å²) in [4.78, 5) is 23.3. The first kappa shape index (κ1) is 11.2. The molecule has 1 aromatic heterocycles. The molecule has 0 spiro atoms. The quantitative estimate of drug-likeness (QED) is 0.751. The summed E-state index contributed by atoms with van der Waals surface area (Å²) in [5.41, 5.74) is 0.504. The Balaban J connectivity index is 2.54. The van der Waals surface area contributed by atoms with Crippen LogP contribution in [0, 0.1) is 0 Å². The van der Waals surface area contributed by atoms with Crippen molar-refractivity contribution in [3.8, 4) is 0 Å². The summed E-state index contributed by atoms with van der Waals surface area (Å²) in [5.74, 6) is -1.29. The van der Waals surface area contributed by atoms with Gasteiger partial charge in [-0.2, -0.15) is 0 Å². The summed E-state index contributed by atoms with van der Waals surface area (Å²) in [7, 11) is 0. The molecule has 1 amide bonds. The fourth-order valence-electron chi connectivity index (χ4n) is 1.14. The summed E-state index contributed by atoms with van der Waals surface area (Å²) in [6.45, 7) is 1.81. The van der Waals surface area contributed by atoms with Gasteiger partial charge in [0.15, 0.2) is 0 Å². The highest BCUT2D eigenvalue weighted by Gasteiger charge is 2.16. The fraction of sp³-hybridized carbons (Fsp3) is 0.444. The first-order valence-corrected chi connectivity index (χ1v) is 4.52. The number of likely N-dealkylation sites (N-methyl/N-ethyl adjacent to an activating group) is 1. The Morgan fingerprint density at radius 3 is 2.80 bits per heavy atom. The van der Waals surface area contributed by atoms with Crippen LogP contribution in [0.2, 0.25) is 0 Å². The van der Waals surface area contributed by atoms with Gasteiger partial charge in [-0.25, -0.2) is 0 Å². The van der Waals surface area contributed by atoms with E-state index in [9.17, 15) is 9.59 Å². The maximum atomic E-state index is 11.6. The molecule has 6 nitrogen and oxygen atoms in total. The number of carbonyl (C=O) groups excluding carboxylic acids is 1. The van der Waals surface area contributed by atoms with Gasteiger partial charge in [0.2, 0.25) is 5.91 Å². The third-order valence-corrected chi connectivity index (χ3v) is 1.88. The van der Waals surface area contributed by atoms with Gasteiger partial charge in [-0.3, -0.25) is 9.59 Å². The molecule has 0 unspecified atom stereocenters. The summed E-state index contributed by atoms with van der Waals surface area (Å²) in [6, 6.07) is 1.58. The van der Waals surface area contributed by atoms with Crippen molar-refractivity contribution in [1.82, 2.24) is 10.1 Å². The van der Waals surface area contributed by atoms with Gasteiger partial charge in [0.25, 0.3) is 0 Å². The predicted molar refractivity (Wildman–Crippen MR) is 50.1 cm³/mol. The Labute approximate surface area is 86.5 Å². The number of carbonyl (C=O) groups is 2. The number of amides is 1. The van der Waals surface area contributed by atoms with E-state index in [4.69, 9.17) is 5.11 Å². The molecule has 0 aromatic carbocycles. The van der Waals surface area contributed by atoms with E-state index >= 15 is 0 Å². The van der Waals surface area contributed by atoms with Gasteiger partial charge in [-0.05, 0) is 6.92 Å². The van der Waals surface area contributed by atoms with Crippen LogP contribution >= 0.6 is 0 Å². The lowest BCUT2D eigenvalue weighted by molar-refractivity contribution is -0.144. The van der Waals surface area contributed by atoms with E-state index in [0.29, 0.717) is 12.2 Å². The van der Waals surface area contributed by atoms with E-state index in [1.807, 2.05) is 0 Å². The zero-order chi connectivity index (χ0) is 11.3. The monoisotopic (exact) mass is 212 g/mol. The standard InChI is InChI=1S/C9H12N2O4/c1-2-11(6-9(13)14)8(12)5-7-3-4-15-10-7/h3-4H,2,5-6H2,1H3,(H,13,14). The normalized spacial score (nSPS) is 9.93. The van der Waals surface area contributed by atoms with Gasteiger partial charge in [0.1, 0.15) is 12.8 Å². The second kappa shape index (κ2) is 5.14. The molecule has 6 heteroatoms. The van der Waals surface area contributed by atoms with Gasteiger partial charge < -0.3 is 14.5 Å². The lowest BCUT2D eigenvalue weighted by Crippen LogP contribution is -2.36. The largest absolute Gasteiger partial charge is 0.480 e. The van der Waals surface area contributed by atoms with Crippen LogP contribution in [0.4, 0.5) is 0 Å². The Hall–Kier alpha value is -1.85. The fourth-order valence-corrected chi connectivity index (χ4v) is 1.14. The molecule has 0 aliphatic carbocycles. The number of nitrogens with zero attached hydrogens (tertiary/aromatic N) is 2. The number of aromatic nitrogens is 1. The van der Waals surface area contributed by atoms with Crippen LogP contribution < -0.4 is 0 Å². The molecule has 1 rings (SSSR count). The predicted octanol–water partition coefficient (Wildman–Crippen LogP) is 0.150. The number of carboxylic acid groups (broad SMARTS) is 1. The van der Waals surface area contributed by atoms with Gasteiger partial charge in [0, 0.05) is 12.6 Å². The maximum Gasteiger partial charge on any atom is 0.323 e. The van der Waals surface area contributed by atoms with Crippen LogP contribution in [0.1, 0.15) is 12.6 Å². The molecule has 0 aliphatic heterocycles. The van der Waals surface area contributed by atoms with E-state index in [-0.39, 0.29) is 18.9 Å². The minimum absolute atomic E-state index is 0.0671. The van der Waals surface area contributed by atoms with Crippen LogP contribution in [-0.4, -0.2) is 40.1 Å². The van der Waals surface area contributed by atoms with E-state index in [2.05, 4.69) is 9.68 Å². The van der Waals surface area contributed by atoms with Crippen LogP contribution in [0.25, 0.3) is 0 Å². The Morgan fingerprint density at radius 1 is 1.60 bits per heavy atom. The van der Waals surface area contributed by atoms with E-state index in [1.165, 1.54) is 11.2 Å². The lowest BCUT2D eigenvalue weighted by Gasteiger charge is -2.17. The molecule has 1 N–H and O–H groups in total. The van der Waals surface area contributed by atoms with Gasteiger partial charge >= 0.3 is 5.97 Å². The lowest BCUT2D eigenvalue weighted by atomic mass is 10.3. The minimum atomic E-state index is -1.02. The van der Waals surface area contributed by atoms with Crippen molar-refractivity contribution >= 4 is 11.9 Å². The molecule has 0 fully saturated rings. The second-order valence-corrected chi connectivity index (χ2v) is 2.97. The Bertz CT molecular complexity index is 334. The summed E-state index contributed by atoms with van der Waals surface area (Å²) in [6.07, 6.45) is 1.44. The number of carboxylic acids is 1. The van der Waals surface area contributed by atoms with Crippen molar-refractivity contribution in [2.24, 2.45) is 0 Å². The Kier molecular flexibility index (Phi) is 3.84. The summed E-state index contributed by atoms with van der Waals surface area (Å²) in [5, 5.41) is 12.1. The Morgan fingerprint density at radius 2 is 2.33 bits per heavy atom. The zero-order valence-electron chi connectivity index (χ0n) is 8.34. The van der Waals surface area contributed by atoms with Crippen molar-refractivity contribution in [3.05, 3.63) is 18.0 Å². The van der Waals surface area contributed by atoms with Crippen molar-refractivity contribution in [2.45, 2.75) is 13.3 Å². The first-order valence-electron chi connectivity index (χ1n) is 4.52. The molecule has 1 heterocycles. The topological polar surface area (TPSA) is 83.6 Å². The third-order valence-electron chi connectivity index (χ3n) is 1.88. The first-order chi connectivity index (χ1) is 7.13. The van der Waals surface area contributed by atoms with Crippen LogP contribution in [-0.2, 0) is 16.0 Å². The number of rotatable bonds is 5. The van der Waals surface area contributed by atoms with Crippen LogP contribution in [0.5, 0.6) is 0 Å². The second-order valence-electron chi connectivity index (χ2n) is 2.97. The summed E-state index contributed by atoms with van der Waals surface area (Å²) < 4.78 is 4.57. The van der Waals surface area contributed by atoms with Gasteiger partial charge in [-0.1, -0.05) is 5.16 Å². The maximum absolute atomic E-state index is 11.6. The molecule has 82 valence electrons. The van der Waals surface area contributed by atoms with E-state index < -0.39 is 5.97 Å². The van der Waals surface area contributed by atoms with Crippen molar-refractivity contribution in [1.29, 1.82) is 0 Å². The van der Waals surface area contributed by atoms with Crippen LogP contribution in [0.15, 0.2) is 16.9 Å². The van der Waals surface area contributed by atoms with Crippen molar-refractivity contribution < 1.29 is 19.2 Å². The highest BCUT2D eigenvalue weighted by molar-refractivity contribution is 5.82. The average Bonchev–Trinajstić information content (AvgIpc) is 2.66. The zero-order valence-corrected chi connectivity index (χ0v) is 8.34. The molecule has 0 bridgehead atoms. The number of hydrogen-bond acceptors (Lipinski definition) is 4. The summed E-state index contributed by atoms with van der Waals surface area (Å²) >= 11 is 0. The van der Waals surface area contributed by atoms with Gasteiger partial charge in [0.05, 0.1) is 12.1 Å². The smallest absolute Gasteiger partial charge is 0.323 e. The highest BCUT2D eigenvalue weighted by Crippen LogP contribution is 2.00. The molecule has 0 aliphatic rings. The highest BCUT2D eigenvalue weighted by atomic mass is 16.5. The number of hydrogen-bond donors (Lipinski definition) is 1. The van der Waals surface area contributed by atoms with E-state index in [1.54, 1.807) is 13.0 Å². The van der Waals surface area contributed by atoms with Crippen LogP contribution in [0.3, 0.4) is 0 Å². The number of aliphatic carboxylic acids is 1. The minimum Gasteiger partial charge on any atom is -0.480 e. The van der Waals surface area contributed by atoms with Crippen molar-refractivity contribution in [2.75, 3.05) is 13.1 Å². The van der Waals surface area contributed by atoms with E-state index in [0.717, 1.165) is 0 Å². The molecular formula is C9H12N2O4. The molecule has 15 heavy (non-hydrogen) atoms. The average molecular weight is 212 g/mol. The molecule has 0 saturated heterocycles. The van der Waals surface area contributed by atoms with Gasteiger partial charge in [-0.15, -0.1) is 0 Å². The molecule has 0 atom stereocenters. The molecule has 1 aromatic rings. The molecule has 0 radical (unpaired) electrons. The SMILES string of the molecule is CCN(CC(=O)O)C(=O)Cc1ccon1.